The molecule has 0 heterocycles. The van der Waals surface area contributed by atoms with Gasteiger partial charge in [-0.25, -0.2) is 0 Å². The summed E-state index contributed by atoms with van der Waals surface area (Å²) in [6, 6.07) is 7.66. The normalized spacial score (nSPS) is 11.9. The van der Waals surface area contributed by atoms with Crippen LogP contribution < -0.4 is 4.74 Å². The molecule has 4 heteroatoms. The zero-order chi connectivity index (χ0) is 13.7. The first-order valence-electron chi connectivity index (χ1n) is 6.20. The third-order valence-electron chi connectivity index (χ3n) is 2.87. The van der Waals surface area contributed by atoms with Gasteiger partial charge in [-0.2, -0.15) is 8.78 Å². The lowest BCUT2D eigenvalue weighted by Gasteiger charge is -2.31. The van der Waals surface area contributed by atoms with Gasteiger partial charge in [0.15, 0.2) is 0 Å². The number of hydrogen-bond acceptors (Lipinski definition) is 2. The van der Waals surface area contributed by atoms with E-state index in [2.05, 4.69) is 37.3 Å². The van der Waals surface area contributed by atoms with Crippen LogP contribution in [0.15, 0.2) is 24.3 Å². The Morgan fingerprint density at radius 2 is 1.61 bits per heavy atom. The van der Waals surface area contributed by atoms with Gasteiger partial charge in [0, 0.05) is 24.2 Å². The van der Waals surface area contributed by atoms with Crippen LogP contribution in [-0.2, 0) is 6.54 Å². The van der Waals surface area contributed by atoms with E-state index in [1.54, 1.807) is 12.1 Å². The number of hydrogen-bond donors (Lipinski definition) is 0. The van der Waals surface area contributed by atoms with Gasteiger partial charge < -0.3 is 4.74 Å². The number of alkyl halides is 2. The van der Waals surface area contributed by atoms with Crippen LogP contribution in [0.2, 0.25) is 0 Å². The molecule has 0 aliphatic heterocycles. The molecule has 0 atom stereocenters. The SMILES string of the molecule is CC(C)N(Cc1ccccc1OC(F)F)C(C)C. The molecule has 0 amide bonds. The van der Waals surface area contributed by atoms with Crippen molar-refractivity contribution < 1.29 is 13.5 Å². The molecule has 0 spiro atoms. The molecule has 1 aromatic carbocycles. The first-order valence-corrected chi connectivity index (χ1v) is 6.20. The molecule has 0 aliphatic rings. The lowest BCUT2D eigenvalue weighted by molar-refractivity contribution is -0.0509. The van der Waals surface area contributed by atoms with Gasteiger partial charge in [-0.3, -0.25) is 4.90 Å². The van der Waals surface area contributed by atoms with E-state index in [0.717, 1.165) is 5.56 Å². The van der Waals surface area contributed by atoms with Crippen molar-refractivity contribution in [2.75, 3.05) is 0 Å². The average Bonchev–Trinajstić information content (AvgIpc) is 2.26. The van der Waals surface area contributed by atoms with Crippen LogP contribution in [0.4, 0.5) is 8.78 Å². The lowest BCUT2D eigenvalue weighted by atomic mass is 10.1. The van der Waals surface area contributed by atoms with E-state index >= 15 is 0 Å². The van der Waals surface area contributed by atoms with Gasteiger partial charge in [-0.15, -0.1) is 0 Å². The molecule has 0 N–H and O–H groups in total. The van der Waals surface area contributed by atoms with Crippen molar-refractivity contribution in [3.05, 3.63) is 29.8 Å². The number of nitrogens with zero attached hydrogens (tertiary/aromatic N) is 1. The van der Waals surface area contributed by atoms with Crippen molar-refractivity contribution in [2.24, 2.45) is 0 Å². The lowest BCUT2D eigenvalue weighted by Crippen LogP contribution is -2.36. The largest absolute Gasteiger partial charge is 0.434 e. The molecule has 0 saturated carbocycles. The second-order valence-electron chi connectivity index (χ2n) is 4.85. The molecule has 18 heavy (non-hydrogen) atoms. The van der Waals surface area contributed by atoms with Crippen LogP contribution in [0, 0.1) is 0 Å². The summed E-state index contributed by atoms with van der Waals surface area (Å²) >= 11 is 0. The van der Waals surface area contributed by atoms with Crippen LogP contribution >= 0.6 is 0 Å². The highest BCUT2D eigenvalue weighted by Gasteiger charge is 2.17. The number of benzene rings is 1. The molecule has 1 rings (SSSR count). The van der Waals surface area contributed by atoms with Crippen molar-refractivity contribution in [1.29, 1.82) is 0 Å². The fourth-order valence-electron chi connectivity index (χ4n) is 2.00. The number of para-hydroxylation sites is 1. The van der Waals surface area contributed by atoms with Gasteiger partial charge in [0.25, 0.3) is 0 Å². The van der Waals surface area contributed by atoms with Crippen LogP contribution in [0.1, 0.15) is 33.3 Å². The van der Waals surface area contributed by atoms with Crippen molar-refractivity contribution >= 4 is 0 Å². The summed E-state index contributed by atoms with van der Waals surface area (Å²) in [4.78, 5) is 2.23. The van der Waals surface area contributed by atoms with E-state index in [1.807, 2.05) is 12.1 Å². The van der Waals surface area contributed by atoms with E-state index in [-0.39, 0.29) is 5.75 Å². The van der Waals surface area contributed by atoms with Gasteiger partial charge in [-0.05, 0) is 33.8 Å². The first-order chi connectivity index (χ1) is 8.41. The zero-order valence-electron chi connectivity index (χ0n) is 11.4. The monoisotopic (exact) mass is 257 g/mol. The summed E-state index contributed by atoms with van der Waals surface area (Å²) in [6.45, 7) is 6.20. The molecular formula is C14H21F2NO. The molecule has 0 aliphatic carbocycles. The molecule has 0 saturated heterocycles. The topological polar surface area (TPSA) is 12.5 Å². The first kappa shape index (κ1) is 14.9. The molecule has 1 aromatic rings. The van der Waals surface area contributed by atoms with E-state index in [4.69, 9.17) is 0 Å². The Balaban J connectivity index is 2.88. The maximum Gasteiger partial charge on any atom is 0.387 e. The van der Waals surface area contributed by atoms with Gasteiger partial charge >= 0.3 is 6.61 Å². The second kappa shape index (κ2) is 6.69. The Morgan fingerprint density at radius 1 is 1.06 bits per heavy atom. The van der Waals surface area contributed by atoms with E-state index < -0.39 is 6.61 Å². The highest BCUT2D eigenvalue weighted by atomic mass is 19.3. The van der Waals surface area contributed by atoms with Crippen molar-refractivity contribution in [3.63, 3.8) is 0 Å². The minimum atomic E-state index is -2.78. The highest BCUT2D eigenvalue weighted by molar-refractivity contribution is 5.33. The standard InChI is InChI=1S/C14H21F2NO/c1-10(2)17(11(3)4)9-12-7-5-6-8-13(12)18-14(15)16/h5-8,10-11,14H,9H2,1-4H3. The molecule has 102 valence electrons. The maximum atomic E-state index is 12.3. The van der Waals surface area contributed by atoms with E-state index in [1.165, 1.54) is 0 Å². The Morgan fingerprint density at radius 3 is 2.11 bits per heavy atom. The van der Waals surface area contributed by atoms with Crippen molar-refractivity contribution in [3.8, 4) is 5.75 Å². The van der Waals surface area contributed by atoms with Crippen LogP contribution in [0.5, 0.6) is 5.75 Å². The summed E-state index contributed by atoms with van der Waals surface area (Å²) in [7, 11) is 0. The molecule has 0 unspecified atom stereocenters. The molecule has 0 fully saturated rings. The predicted molar refractivity (Wildman–Crippen MR) is 68.9 cm³/mol. The number of halogens is 2. The summed E-state index contributed by atoms with van der Waals surface area (Å²) in [6.07, 6.45) is 0. The third kappa shape index (κ3) is 4.26. The Bertz CT molecular complexity index is 359. The smallest absolute Gasteiger partial charge is 0.387 e. The van der Waals surface area contributed by atoms with Crippen molar-refractivity contribution in [1.82, 2.24) is 4.90 Å². The summed E-state index contributed by atoms with van der Waals surface area (Å²) < 4.78 is 29.2. The number of ether oxygens (including phenoxy) is 1. The van der Waals surface area contributed by atoms with E-state index in [0.29, 0.717) is 18.6 Å². The van der Waals surface area contributed by atoms with E-state index in [9.17, 15) is 8.78 Å². The molecule has 2 nitrogen and oxygen atoms in total. The highest BCUT2D eigenvalue weighted by Crippen LogP contribution is 2.23. The molecule has 0 radical (unpaired) electrons. The number of rotatable bonds is 6. The second-order valence-corrected chi connectivity index (χ2v) is 4.85. The fraction of sp³-hybridized carbons (Fsp3) is 0.571. The van der Waals surface area contributed by atoms with Crippen molar-refractivity contribution in [2.45, 2.75) is 52.9 Å². The van der Waals surface area contributed by atoms with Crippen LogP contribution in [-0.4, -0.2) is 23.6 Å². The summed E-state index contributed by atoms with van der Waals surface area (Å²) in [5, 5.41) is 0. The zero-order valence-corrected chi connectivity index (χ0v) is 11.4. The third-order valence-corrected chi connectivity index (χ3v) is 2.87. The minimum Gasteiger partial charge on any atom is -0.434 e. The Kier molecular flexibility index (Phi) is 5.54. The van der Waals surface area contributed by atoms with Crippen LogP contribution in [0.3, 0.4) is 0 Å². The van der Waals surface area contributed by atoms with Gasteiger partial charge in [0.2, 0.25) is 0 Å². The summed E-state index contributed by atoms with van der Waals surface area (Å²) in [5.74, 6) is 0.263. The molecule has 0 aromatic heterocycles. The quantitative estimate of drug-likeness (QED) is 0.766. The van der Waals surface area contributed by atoms with Gasteiger partial charge in [-0.1, -0.05) is 18.2 Å². The maximum absolute atomic E-state index is 12.3. The molecule has 0 bridgehead atoms. The summed E-state index contributed by atoms with van der Waals surface area (Å²) in [5.41, 5.74) is 0.792. The Labute approximate surface area is 108 Å². The van der Waals surface area contributed by atoms with Gasteiger partial charge in [0.1, 0.15) is 5.75 Å². The van der Waals surface area contributed by atoms with Gasteiger partial charge in [0.05, 0.1) is 0 Å². The fourth-order valence-corrected chi connectivity index (χ4v) is 2.00. The minimum absolute atomic E-state index is 0.263. The Hall–Kier alpha value is -1.16. The average molecular weight is 257 g/mol. The van der Waals surface area contributed by atoms with Crippen LogP contribution in [0.25, 0.3) is 0 Å². The predicted octanol–water partition coefficient (Wildman–Crippen LogP) is 3.91. The molecular weight excluding hydrogens is 236 g/mol.